The maximum absolute atomic E-state index is 10.9. The van der Waals surface area contributed by atoms with Crippen LogP contribution in [0.1, 0.15) is 12.0 Å². The van der Waals surface area contributed by atoms with Gasteiger partial charge in [-0.2, -0.15) is 0 Å². The smallest absolute Gasteiger partial charge is 0.309 e. The Hall–Kier alpha value is -1.87. The Balaban J connectivity index is 2.69. The van der Waals surface area contributed by atoms with Crippen LogP contribution in [0.25, 0.3) is 6.08 Å². The first-order valence-corrected chi connectivity index (χ1v) is 5.40. The maximum Gasteiger partial charge on any atom is 0.309 e. The van der Waals surface area contributed by atoms with E-state index in [1.165, 1.54) is 12.2 Å². The largest absolute Gasteiger partial charge is 0.481 e. The number of aliphatic hydroxyl groups excluding tert-OH is 1. The van der Waals surface area contributed by atoms with Gasteiger partial charge in [-0.3, -0.25) is 4.79 Å². The molecule has 0 aliphatic carbocycles. The number of carboxylic acid groups (broad SMARTS) is 1. The quantitative estimate of drug-likeness (QED) is 0.740. The highest BCUT2D eigenvalue weighted by Gasteiger charge is 2.22. The fourth-order valence-electron chi connectivity index (χ4n) is 1.47. The summed E-state index contributed by atoms with van der Waals surface area (Å²) < 4.78 is 0. The first kappa shape index (κ1) is 13.2. The average molecular weight is 232 g/mol. The van der Waals surface area contributed by atoms with Crippen molar-refractivity contribution in [2.24, 2.45) is 5.92 Å². The van der Waals surface area contributed by atoms with Gasteiger partial charge in [0, 0.05) is 0 Å². The lowest BCUT2D eigenvalue weighted by atomic mass is 9.98. The summed E-state index contributed by atoms with van der Waals surface area (Å²) in [4.78, 5) is 10.9. The van der Waals surface area contributed by atoms with Gasteiger partial charge in [-0.05, 0) is 12.0 Å². The molecule has 3 heteroatoms. The van der Waals surface area contributed by atoms with Crippen LogP contribution < -0.4 is 0 Å². The summed E-state index contributed by atoms with van der Waals surface area (Å²) in [6.07, 6.45) is 3.95. The molecule has 3 nitrogen and oxygen atoms in total. The molecular weight excluding hydrogens is 216 g/mol. The third kappa shape index (κ3) is 4.25. The summed E-state index contributed by atoms with van der Waals surface area (Å²) in [5.41, 5.74) is 0.925. The second-order valence-corrected chi connectivity index (χ2v) is 3.73. The zero-order valence-corrected chi connectivity index (χ0v) is 9.49. The van der Waals surface area contributed by atoms with Crippen molar-refractivity contribution >= 4 is 12.0 Å². The first-order valence-electron chi connectivity index (χ1n) is 5.40. The molecule has 2 N–H and O–H groups in total. The van der Waals surface area contributed by atoms with Crippen molar-refractivity contribution in [2.45, 2.75) is 12.5 Å². The first-order chi connectivity index (χ1) is 8.15. The molecule has 0 spiro atoms. The predicted octanol–water partition coefficient (Wildman–Crippen LogP) is 2.34. The number of aliphatic hydroxyl groups is 1. The van der Waals surface area contributed by atoms with Crippen molar-refractivity contribution in [1.82, 2.24) is 0 Å². The molecule has 0 fully saturated rings. The minimum atomic E-state index is -1.02. The molecule has 0 saturated carbocycles. The number of aliphatic carboxylic acids is 1. The average Bonchev–Trinajstić information content (AvgIpc) is 2.34. The fraction of sp³-hybridized carbons (Fsp3) is 0.214. The van der Waals surface area contributed by atoms with E-state index >= 15 is 0 Å². The van der Waals surface area contributed by atoms with Crippen LogP contribution in [0.4, 0.5) is 0 Å². The van der Waals surface area contributed by atoms with Crippen molar-refractivity contribution in [3.8, 4) is 0 Å². The van der Waals surface area contributed by atoms with Crippen molar-refractivity contribution in [1.29, 1.82) is 0 Å². The lowest BCUT2D eigenvalue weighted by Crippen LogP contribution is -2.25. The molecule has 0 radical (unpaired) electrons. The molecule has 0 aliphatic heterocycles. The van der Waals surface area contributed by atoms with Crippen molar-refractivity contribution in [3.05, 3.63) is 54.6 Å². The normalized spacial score (nSPS) is 14.4. The van der Waals surface area contributed by atoms with Crippen molar-refractivity contribution < 1.29 is 15.0 Å². The topological polar surface area (TPSA) is 57.5 Å². The Morgan fingerprint density at radius 1 is 1.35 bits per heavy atom. The molecule has 0 saturated heterocycles. The second-order valence-electron chi connectivity index (χ2n) is 3.73. The molecular formula is C14H16O3. The third-order valence-electron chi connectivity index (χ3n) is 2.44. The van der Waals surface area contributed by atoms with E-state index in [1.54, 1.807) is 6.08 Å². The number of rotatable bonds is 6. The van der Waals surface area contributed by atoms with Crippen molar-refractivity contribution in [3.63, 3.8) is 0 Å². The van der Waals surface area contributed by atoms with E-state index in [-0.39, 0.29) is 6.42 Å². The van der Waals surface area contributed by atoms with E-state index in [9.17, 15) is 9.90 Å². The van der Waals surface area contributed by atoms with Gasteiger partial charge >= 0.3 is 5.97 Å². The summed E-state index contributed by atoms with van der Waals surface area (Å²) >= 11 is 0. The molecule has 1 aromatic carbocycles. The Morgan fingerprint density at radius 3 is 2.53 bits per heavy atom. The zero-order valence-electron chi connectivity index (χ0n) is 9.49. The molecule has 0 aliphatic rings. The SMILES string of the molecule is C=CC[C@@H](C(=O)O)C(O)/C=C/c1ccccc1. The third-order valence-corrected chi connectivity index (χ3v) is 2.44. The van der Waals surface area contributed by atoms with E-state index in [2.05, 4.69) is 6.58 Å². The Morgan fingerprint density at radius 2 is 2.00 bits per heavy atom. The highest BCUT2D eigenvalue weighted by molar-refractivity contribution is 5.71. The minimum Gasteiger partial charge on any atom is -0.481 e. The van der Waals surface area contributed by atoms with Gasteiger partial charge in [0.25, 0.3) is 0 Å². The number of benzene rings is 1. The molecule has 0 heterocycles. The van der Waals surface area contributed by atoms with Crippen LogP contribution in [0.5, 0.6) is 0 Å². The van der Waals surface area contributed by atoms with Gasteiger partial charge in [0.15, 0.2) is 0 Å². The van der Waals surface area contributed by atoms with Gasteiger partial charge in [0.2, 0.25) is 0 Å². The van der Waals surface area contributed by atoms with E-state index < -0.39 is 18.0 Å². The number of carboxylic acids is 1. The molecule has 90 valence electrons. The van der Waals surface area contributed by atoms with Crippen LogP contribution in [0, 0.1) is 5.92 Å². The van der Waals surface area contributed by atoms with E-state index in [0.717, 1.165) is 5.56 Å². The van der Waals surface area contributed by atoms with Gasteiger partial charge in [-0.25, -0.2) is 0 Å². The van der Waals surface area contributed by atoms with Gasteiger partial charge in [-0.1, -0.05) is 48.6 Å². The lowest BCUT2D eigenvalue weighted by Gasteiger charge is -2.13. The van der Waals surface area contributed by atoms with Crippen LogP contribution in [0.2, 0.25) is 0 Å². The number of carbonyl (C=O) groups is 1. The summed E-state index contributed by atoms with van der Waals surface area (Å²) in [6.45, 7) is 3.49. The maximum atomic E-state index is 10.9. The molecule has 17 heavy (non-hydrogen) atoms. The van der Waals surface area contributed by atoms with Crippen LogP contribution in [-0.2, 0) is 4.79 Å². The van der Waals surface area contributed by atoms with Crippen LogP contribution in [0.3, 0.4) is 0 Å². The number of allylic oxidation sites excluding steroid dienone is 1. The number of hydrogen-bond donors (Lipinski definition) is 2. The standard InChI is InChI=1S/C14H16O3/c1-2-6-12(14(16)17)13(15)10-9-11-7-4-3-5-8-11/h2-5,7-10,12-13,15H,1,6H2,(H,16,17)/b10-9+/t12-,13?/m1/s1. The van der Waals surface area contributed by atoms with Gasteiger partial charge in [0.05, 0.1) is 12.0 Å². The fourth-order valence-corrected chi connectivity index (χ4v) is 1.47. The molecule has 0 amide bonds. The van der Waals surface area contributed by atoms with Crippen LogP contribution >= 0.6 is 0 Å². The van der Waals surface area contributed by atoms with E-state index in [0.29, 0.717) is 0 Å². The molecule has 1 aromatic rings. The minimum absolute atomic E-state index is 0.246. The van der Waals surface area contributed by atoms with E-state index in [1.807, 2.05) is 30.3 Å². The Labute approximate surface area is 101 Å². The van der Waals surface area contributed by atoms with Crippen LogP contribution in [-0.4, -0.2) is 22.3 Å². The van der Waals surface area contributed by atoms with Gasteiger partial charge in [-0.15, -0.1) is 6.58 Å². The molecule has 1 rings (SSSR count). The Kier molecular flexibility index (Phi) is 5.17. The molecule has 0 aromatic heterocycles. The highest BCUT2D eigenvalue weighted by Crippen LogP contribution is 2.13. The number of hydrogen-bond acceptors (Lipinski definition) is 2. The molecule has 2 atom stereocenters. The lowest BCUT2D eigenvalue weighted by molar-refractivity contribution is -0.144. The summed E-state index contributed by atoms with van der Waals surface area (Å²) in [5, 5.41) is 18.7. The summed E-state index contributed by atoms with van der Waals surface area (Å²) in [7, 11) is 0. The summed E-state index contributed by atoms with van der Waals surface area (Å²) in [6, 6.07) is 9.42. The molecule has 1 unspecified atom stereocenters. The van der Waals surface area contributed by atoms with E-state index in [4.69, 9.17) is 5.11 Å². The monoisotopic (exact) mass is 232 g/mol. The zero-order chi connectivity index (χ0) is 12.7. The molecule has 0 bridgehead atoms. The van der Waals surface area contributed by atoms with Crippen molar-refractivity contribution in [2.75, 3.05) is 0 Å². The van der Waals surface area contributed by atoms with Crippen LogP contribution in [0.15, 0.2) is 49.1 Å². The predicted molar refractivity (Wildman–Crippen MR) is 67.4 cm³/mol. The Bertz CT molecular complexity index is 395. The second kappa shape index (κ2) is 6.66. The summed E-state index contributed by atoms with van der Waals surface area (Å²) in [5.74, 6) is -1.86. The highest BCUT2D eigenvalue weighted by atomic mass is 16.4. The van der Waals surface area contributed by atoms with Gasteiger partial charge < -0.3 is 10.2 Å². The van der Waals surface area contributed by atoms with Gasteiger partial charge in [0.1, 0.15) is 0 Å².